The molecular weight excluding hydrogens is 298 g/mol. The van der Waals surface area contributed by atoms with Crippen molar-refractivity contribution in [3.8, 4) is 0 Å². The summed E-state index contributed by atoms with van der Waals surface area (Å²) in [6, 6.07) is 5.35. The highest BCUT2D eigenvalue weighted by atomic mass is 79.9. The third-order valence-corrected chi connectivity index (χ3v) is 3.40. The molecule has 1 aromatic carbocycles. The van der Waals surface area contributed by atoms with Crippen LogP contribution in [0.4, 0.5) is 5.69 Å². The quantitative estimate of drug-likeness (QED) is 0.756. The zero-order valence-corrected chi connectivity index (χ0v) is 11.5. The third kappa shape index (κ3) is 3.08. The van der Waals surface area contributed by atoms with Crippen molar-refractivity contribution in [2.75, 3.05) is 18.4 Å². The van der Waals surface area contributed by atoms with Crippen molar-refractivity contribution in [1.82, 2.24) is 10.6 Å². The molecule has 1 atom stereocenters. The van der Waals surface area contributed by atoms with E-state index in [1.54, 1.807) is 0 Å². The molecule has 1 unspecified atom stereocenters. The van der Waals surface area contributed by atoms with Gasteiger partial charge in [0, 0.05) is 11.0 Å². The second-order valence-corrected chi connectivity index (χ2v) is 5.06. The topological polar surface area (TPSA) is 70.2 Å². The van der Waals surface area contributed by atoms with Crippen molar-refractivity contribution in [3.63, 3.8) is 0 Å². The van der Waals surface area contributed by atoms with E-state index < -0.39 is 6.04 Å². The van der Waals surface area contributed by atoms with E-state index in [2.05, 4.69) is 31.9 Å². The average Bonchev–Trinajstić information content (AvgIpc) is 2.34. The number of halogens is 1. The molecule has 1 aliphatic rings. The minimum atomic E-state index is -0.393. The fourth-order valence-corrected chi connectivity index (χ4v) is 2.05. The van der Waals surface area contributed by atoms with Crippen LogP contribution in [0.15, 0.2) is 22.7 Å². The second-order valence-electron chi connectivity index (χ2n) is 4.21. The van der Waals surface area contributed by atoms with Gasteiger partial charge in [-0.25, -0.2) is 0 Å². The van der Waals surface area contributed by atoms with Gasteiger partial charge in [0.05, 0.1) is 12.2 Å². The van der Waals surface area contributed by atoms with E-state index in [1.807, 2.05) is 25.1 Å². The first kappa shape index (κ1) is 13.0. The number of hydrogen-bond donors (Lipinski definition) is 3. The SMILES string of the molecule is Cc1ccc(Br)c(NC(=O)C2CNC(=O)CN2)c1. The largest absolute Gasteiger partial charge is 0.353 e. The van der Waals surface area contributed by atoms with Gasteiger partial charge in [0.1, 0.15) is 6.04 Å². The first-order chi connectivity index (χ1) is 8.56. The minimum Gasteiger partial charge on any atom is -0.353 e. The lowest BCUT2D eigenvalue weighted by molar-refractivity contribution is -0.124. The molecule has 0 spiro atoms. The second kappa shape index (κ2) is 5.49. The molecule has 3 N–H and O–H groups in total. The van der Waals surface area contributed by atoms with E-state index >= 15 is 0 Å². The van der Waals surface area contributed by atoms with Crippen molar-refractivity contribution in [2.24, 2.45) is 0 Å². The lowest BCUT2D eigenvalue weighted by Gasteiger charge is -2.23. The lowest BCUT2D eigenvalue weighted by Crippen LogP contribution is -2.56. The Balaban J connectivity index is 2.02. The molecule has 1 heterocycles. The maximum absolute atomic E-state index is 12.0. The van der Waals surface area contributed by atoms with Crippen LogP contribution in [0.3, 0.4) is 0 Å². The molecule has 0 bridgehead atoms. The summed E-state index contributed by atoms with van der Waals surface area (Å²) in [6.07, 6.45) is 0. The predicted molar refractivity (Wildman–Crippen MR) is 72.3 cm³/mol. The third-order valence-electron chi connectivity index (χ3n) is 2.71. The van der Waals surface area contributed by atoms with Gasteiger partial charge in [0.15, 0.2) is 0 Å². The molecule has 1 saturated heterocycles. The summed E-state index contributed by atoms with van der Waals surface area (Å²) in [5.41, 5.74) is 1.80. The van der Waals surface area contributed by atoms with E-state index in [0.29, 0.717) is 6.54 Å². The van der Waals surface area contributed by atoms with Gasteiger partial charge in [-0.2, -0.15) is 0 Å². The Labute approximate surface area is 113 Å². The molecule has 18 heavy (non-hydrogen) atoms. The number of benzene rings is 1. The van der Waals surface area contributed by atoms with Gasteiger partial charge in [-0.05, 0) is 40.5 Å². The monoisotopic (exact) mass is 311 g/mol. The number of aryl methyl sites for hydroxylation is 1. The van der Waals surface area contributed by atoms with E-state index in [9.17, 15) is 9.59 Å². The van der Waals surface area contributed by atoms with E-state index in [4.69, 9.17) is 0 Å². The number of carbonyl (C=O) groups excluding carboxylic acids is 2. The Bertz CT molecular complexity index is 480. The smallest absolute Gasteiger partial charge is 0.243 e. The highest BCUT2D eigenvalue weighted by Gasteiger charge is 2.24. The van der Waals surface area contributed by atoms with Gasteiger partial charge >= 0.3 is 0 Å². The molecule has 2 rings (SSSR count). The summed E-state index contributed by atoms with van der Waals surface area (Å²) in [6.45, 7) is 2.45. The summed E-state index contributed by atoms with van der Waals surface area (Å²) in [4.78, 5) is 23.0. The van der Waals surface area contributed by atoms with E-state index in [0.717, 1.165) is 15.7 Å². The zero-order valence-electron chi connectivity index (χ0n) is 9.92. The van der Waals surface area contributed by atoms with Crippen molar-refractivity contribution >= 4 is 33.4 Å². The molecule has 5 nitrogen and oxygen atoms in total. The van der Waals surface area contributed by atoms with Crippen molar-refractivity contribution in [1.29, 1.82) is 0 Å². The maximum Gasteiger partial charge on any atom is 0.243 e. The van der Waals surface area contributed by atoms with Crippen LogP contribution in [0.1, 0.15) is 5.56 Å². The molecule has 0 radical (unpaired) electrons. The van der Waals surface area contributed by atoms with Crippen LogP contribution in [-0.2, 0) is 9.59 Å². The van der Waals surface area contributed by atoms with Gasteiger partial charge in [-0.15, -0.1) is 0 Å². The molecule has 0 aliphatic carbocycles. The van der Waals surface area contributed by atoms with Gasteiger partial charge < -0.3 is 10.6 Å². The van der Waals surface area contributed by atoms with Crippen LogP contribution in [0.2, 0.25) is 0 Å². The van der Waals surface area contributed by atoms with Crippen molar-refractivity contribution < 1.29 is 9.59 Å². The molecule has 0 saturated carbocycles. The van der Waals surface area contributed by atoms with Crippen molar-refractivity contribution in [2.45, 2.75) is 13.0 Å². The number of amides is 2. The number of carbonyl (C=O) groups is 2. The number of anilines is 1. The summed E-state index contributed by atoms with van der Waals surface area (Å²) in [7, 11) is 0. The first-order valence-corrected chi connectivity index (χ1v) is 6.42. The Kier molecular flexibility index (Phi) is 3.98. The van der Waals surface area contributed by atoms with Crippen LogP contribution >= 0.6 is 15.9 Å². The molecule has 1 aliphatic heterocycles. The molecule has 1 aromatic rings. The molecular formula is C12H14BrN3O2. The van der Waals surface area contributed by atoms with Crippen LogP contribution in [0.5, 0.6) is 0 Å². The van der Waals surface area contributed by atoms with E-state index in [-0.39, 0.29) is 18.4 Å². The fraction of sp³-hybridized carbons (Fsp3) is 0.333. The lowest BCUT2D eigenvalue weighted by atomic mass is 10.2. The van der Waals surface area contributed by atoms with Crippen LogP contribution in [0, 0.1) is 6.92 Å². The highest BCUT2D eigenvalue weighted by molar-refractivity contribution is 9.10. The molecule has 0 aromatic heterocycles. The summed E-state index contributed by atoms with van der Waals surface area (Å²) < 4.78 is 0.835. The molecule has 6 heteroatoms. The molecule has 1 fully saturated rings. The van der Waals surface area contributed by atoms with Crippen LogP contribution in [0.25, 0.3) is 0 Å². The van der Waals surface area contributed by atoms with Gasteiger partial charge in [0.2, 0.25) is 11.8 Å². The number of nitrogens with one attached hydrogen (secondary N) is 3. The Morgan fingerprint density at radius 2 is 2.28 bits per heavy atom. The Morgan fingerprint density at radius 1 is 1.50 bits per heavy atom. The molecule has 96 valence electrons. The van der Waals surface area contributed by atoms with Gasteiger partial charge in [-0.3, -0.25) is 14.9 Å². The predicted octanol–water partition coefficient (Wildman–Crippen LogP) is 0.784. The van der Waals surface area contributed by atoms with Crippen LogP contribution < -0.4 is 16.0 Å². The summed E-state index contributed by atoms with van der Waals surface area (Å²) in [5.74, 6) is -0.239. The summed E-state index contributed by atoms with van der Waals surface area (Å²) in [5, 5.41) is 8.37. The summed E-state index contributed by atoms with van der Waals surface area (Å²) >= 11 is 3.39. The number of rotatable bonds is 2. The van der Waals surface area contributed by atoms with E-state index in [1.165, 1.54) is 0 Å². The van der Waals surface area contributed by atoms with Crippen molar-refractivity contribution in [3.05, 3.63) is 28.2 Å². The number of hydrogen-bond acceptors (Lipinski definition) is 3. The number of piperazine rings is 1. The first-order valence-electron chi connectivity index (χ1n) is 5.63. The Hall–Kier alpha value is -1.40. The standard InChI is InChI=1S/C12H14BrN3O2/c1-7-2-3-8(13)9(4-7)16-12(18)10-5-15-11(17)6-14-10/h2-4,10,14H,5-6H2,1H3,(H,15,17)(H,16,18). The van der Waals surface area contributed by atoms with Crippen LogP contribution in [-0.4, -0.2) is 30.9 Å². The maximum atomic E-state index is 12.0. The molecule has 2 amide bonds. The average molecular weight is 312 g/mol. The fourth-order valence-electron chi connectivity index (χ4n) is 1.71. The minimum absolute atomic E-state index is 0.0872. The Morgan fingerprint density at radius 3 is 2.94 bits per heavy atom. The zero-order chi connectivity index (χ0) is 13.1. The highest BCUT2D eigenvalue weighted by Crippen LogP contribution is 2.23. The normalized spacial score (nSPS) is 19.2. The van der Waals surface area contributed by atoms with Gasteiger partial charge in [0.25, 0.3) is 0 Å². The van der Waals surface area contributed by atoms with Gasteiger partial charge in [-0.1, -0.05) is 6.07 Å².